The summed E-state index contributed by atoms with van der Waals surface area (Å²) in [4.78, 5) is 8.89. The van der Waals surface area contributed by atoms with Gasteiger partial charge < -0.3 is 10.5 Å². The van der Waals surface area contributed by atoms with E-state index in [1.54, 1.807) is 24.6 Å². The molecular formula is C14H13N3OS. The molecule has 4 nitrogen and oxygen atoms in total. The third-order valence-electron chi connectivity index (χ3n) is 2.88. The summed E-state index contributed by atoms with van der Waals surface area (Å²) in [5, 5.41) is 1.01. The van der Waals surface area contributed by atoms with Gasteiger partial charge in [0.25, 0.3) is 0 Å². The molecule has 0 aliphatic rings. The summed E-state index contributed by atoms with van der Waals surface area (Å²) in [6.07, 6.45) is 2.41. The molecule has 0 spiro atoms. The average molecular weight is 271 g/mol. The normalized spacial score (nSPS) is 10.8. The number of rotatable bonds is 3. The average Bonchev–Trinajstić information content (AvgIpc) is 2.82. The Labute approximate surface area is 114 Å². The molecule has 0 aliphatic carbocycles. The minimum Gasteiger partial charge on any atom is -0.497 e. The highest BCUT2D eigenvalue weighted by Gasteiger charge is 2.08. The van der Waals surface area contributed by atoms with Gasteiger partial charge in [0.05, 0.1) is 33.7 Å². The first-order valence-corrected chi connectivity index (χ1v) is 6.71. The number of hydrogen-bond acceptors (Lipinski definition) is 5. The van der Waals surface area contributed by atoms with E-state index in [-0.39, 0.29) is 0 Å². The van der Waals surface area contributed by atoms with E-state index in [4.69, 9.17) is 10.5 Å². The molecule has 0 fully saturated rings. The number of hydrogen-bond donors (Lipinski definition) is 1. The lowest BCUT2D eigenvalue weighted by molar-refractivity contribution is 0.415. The SMILES string of the molecule is COc1ccc2nc(Cc3ncccc3N)sc2c1. The van der Waals surface area contributed by atoms with Crippen molar-refractivity contribution in [3.63, 3.8) is 0 Å². The molecule has 2 aromatic heterocycles. The fraction of sp³-hybridized carbons (Fsp3) is 0.143. The number of pyridine rings is 1. The van der Waals surface area contributed by atoms with Crippen LogP contribution in [0.1, 0.15) is 10.7 Å². The number of fused-ring (bicyclic) bond motifs is 1. The molecule has 0 saturated heterocycles. The molecule has 0 aliphatic heterocycles. The van der Waals surface area contributed by atoms with Crippen molar-refractivity contribution in [2.45, 2.75) is 6.42 Å². The zero-order valence-corrected chi connectivity index (χ0v) is 11.3. The molecule has 0 saturated carbocycles. The summed E-state index contributed by atoms with van der Waals surface area (Å²) in [6.45, 7) is 0. The lowest BCUT2D eigenvalue weighted by Crippen LogP contribution is -1.97. The van der Waals surface area contributed by atoms with E-state index in [1.165, 1.54) is 0 Å². The number of methoxy groups -OCH3 is 1. The van der Waals surface area contributed by atoms with Crippen molar-refractivity contribution >= 4 is 27.2 Å². The number of nitrogen functional groups attached to an aromatic ring is 1. The van der Waals surface area contributed by atoms with Crippen LogP contribution in [0.15, 0.2) is 36.5 Å². The van der Waals surface area contributed by atoms with E-state index in [0.29, 0.717) is 12.1 Å². The number of aromatic nitrogens is 2. The molecule has 3 rings (SSSR count). The molecule has 96 valence electrons. The van der Waals surface area contributed by atoms with Crippen LogP contribution in [0, 0.1) is 0 Å². The second-order valence-corrected chi connectivity index (χ2v) is 5.27. The summed E-state index contributed by atoms with van der Waals surface area (Å²) in [5.41, 5.74) is 8.46. The zero-order chi connectivity index (χ0) is 13.2. The summed E-state index contributed by atoms with van der Waals surface area (Å²) in [7, 11) is 1.66. The zero-order valence-electron chi connectivity index (χ0n) is 10.5. The maximum Gasteiger partial charge on any atom is 0.120 e. The topological polar surface area (TPSA) is 61.0 Å². The minimum absolute atomic E-state index is 0.661. The predicted octanol–water partition coefficient (Wildman–Crippen LogP) is 2.87. The largest absolute Gasteiger partial charge is 0.497 e. The van der Waals surface area contributed by atoms with Crippen LogP contribution in [0.25, 0.3) is 10.2 Å². The molecule has 5 heteroatoms. The lowest BCUT2D eigenvalue weighted by Gasteiger charge is -2.00. The molecule has 1 aromatic carbocycles. The van der Waals surface area contributed by atoms with E-state index in [9.17, 15) is 0 Å². The van der Waals surface area contributed by atoms with Crippen molar-refractivity contribution < 1.29 is 4.74 Å². The molecular weight excluding hydrogens is 258 g/mol. The standard InChI is InChI=1S/C14H13N3OS/c1-18-9-4-5-11-13(7-9)19-14(17-11)8-12-10(15)3-2-6-16-12/h2-7H,8,15H2,1H3. The molecule has 3 aromatic rings. The van der Waals surface area contributed by atoms with Crippen molar-refractivity contribution in [3.05, 3.63) is 47.2 Å². The van der Waals surface area contributed by atoms with Gasteiger partial charge in [0.2, 0.25) is 0 Å². The highest BCUT2D eigenvalue weighted by Crippen LogP contribution is 2.27. The highest BCUT2D eigenvalue weighted by atomic mass is 32.1. The maximum atomic E-state index is 5.90. The van der Waals surface area contributed by atoms with Gasteiger partial charge in [0.1, 0.15) is 5.75 Å². The molecule has 0 atom stereocenters. The Balaban J connectivity index is 1.95. The number of nitrogens with two attached hydrogens (primary N) is 1. The first-order valence-electron chi connectivity index (χ1n) is 5.89. The van der Waals surface area contributed by atoms with Gasteiger partial charge in [-0.15, -0.1) is 11.3 Å². The van der Waals surface area contributed by atoms with E-state index < -0.39 is 0 Å². The predicted molar refractivity (Wildman–Crippen MR) is 77.6 cm³/mol. The third kappa shape index (κ3) is 2.37. The number of anilines is 1. The third-order valence-corrected chi connectivity index (χ3v) is 3.90. The molecule has 0 unspecified atom stereocenters. The Bertz CT molecular complexity index is 724. The monoisotopic (exact) mass is 271 g/mol. The van der Waals surface area contributed by atoms with Crippen LogP contribution in [0.4, 0.5) is 5.69 Å². The Hall–Kier alpha value is -2.14. The van der Waals surface area contributed by atoms with Crippen LogP contribution in [0.2, 0.25) is 0 Å². The van der Waals surface area contributed by atoms with Gasteiger partial charge in [-0.05, 0) is 30.3 Å². The quantitative estimate of drug-likeness (QED) is 0.795. The van der Waals surface area contributed by atoms with Crippen LogP contribution in [-0.2, 0) is 6.42 Å². The minimum atomic E-state index is 0.661. The molecule has 0 bridgehead atoms. The van der Waals surface area contributed by atoms with Gasteiger partial charge in [-0.1, -0.05) is 0 Å². The van der Waals surface area contributed by atoms with Crippen LogP contribution < -0.4 is 10.5 Å². The molecule has 2 heterocycles. The number of benzene rings is 1. The van der Waals surface area contributed by atoms with Crippen LogP contribution in [0.3, 0.4) is 0 Å². The molecule has 2 N–H and O–H groups in total. The molecule has 19 heavy (non-hydrogen) atoms. The number of nitrogens with zero attached hydrogens (tertiary/aromatic N) is 2. The summed E-state index contributed by atoms with van der Waals surface area (Å²) >= 11 is 1.64. The van der Waals surface area contributed by atoms with Gasteiger partial charge in [0.15, 0.2) is 0 Å². The second kappa shape index (κ2) is 4.85. The molecule has 0 amide bonds. The van der Waals surface area contributed by atoms with Crippen molar-refractivity contribution in [1.82, 2.24) is 9.97 Å². The van der Waals surface area contributed by atoms with Gasteiger partial charge in [-0.3, -0.25) is 4.98 Å². The van der Waals surface area contributed by atoms with Crippen molar-refractivity contribution in [2.24, 2.45) is 0 Å². The van der Waals surface area contributed by atoms with Gasteiger partial charge in [-0.2, -0.15) is 0 Å². The number of ether oxygens (including phenoxy) is 1. The highest BCUT2D eigenvalue weighted by molar-refractivity contribution is 7.18. The first-order chi connectivity index (χ1) is 9.26. The Morgan fingerprint density at radius 2 is 2.21 bits per heavy atom. The van der Waals surface area contributed by atoms with E-state index in [1.807, 2.05) is 30.3 Å². The fourth-order valence-electron chi connectivity index (χ4n) is 1.90. The van der Waals surface area contributed by atoms with Crippen LogP contribution in [-0.4, -0.2) is 17.1 Å². The van der Waals surface area contributed by atoms with Crippen molar-refractivity contribution in [1.29, 1.82) is 0 Å². The second-order valence-electron chi connectivity index (χ2n) is 4.16. The van der Waals surface area contributed by atoms with E-state index in [2.05, 4.69) is 9.97 Å². The number of thiazole rings is 1. The van der Waals surface area contributed by atoms with Crippen LogP contribution in [0.5, 0.6) is 5.75 Å². The fourth-order valence-corrected chi connectivity index (χ4v) is 2.90. The van der Waals surface area contributed by atoms with Crippen molar-refractivity contribution in [2.75, 3.05) is 12.8 Å². The Morgan fingerprint density at radius 3 is 3.00 bits per heavy atom. The lowest BCUT2D eigenvalue weighted by atomic mass is 10.2. The van der Waals surface area contributed by atoms with Crippen LogP contribution >= 0.6 is 11.3 Å². The smallest absolute Gasteiger partial charge is 0.120 e. The molecule has 0 radical (unpaired) electrons. The Morgan fingerprint density at radius 1 is 1.32 bits per heavy atom. The van der Waals surface area contributed by atoms with Crippen molar-refractivity contribution in [3.8, 4) is 5.75 Å². The summed E-state index contributed by atoms with van der Waals surface area (Å²) < 4.78 is 6.33. The van der Waals surface area contributed by atoms with E-state index >= 15 is 0 Å². The van der Waals surface area contributed by atoms with E-state index in [0.717, 1.165) is 26.7 Å². The van der Waals surface area contributed by atoms with Gasteiger partial charge in [0, 0.05) is 12.6 Å². The summed E-state index contributed by atoms with van der Waals surface area (Å²) in [5.74, 6) is 0.847. The maximum absolute atomic E-state index is 5.90. The first kappa shape index (κ1) is 11.9. The Kier molecular flexibility index (Phi) is 3.05. The summed E-state index contributed by atoms with van der Waals surface area (Å²) in [6, 6.07) is 9.58. The van der Waals surface area contributed by atoms with Gasteiger partial charge >= 0.3 is 0 Å². The van der Waals surface area contributed by atoms with Gasteiger partial charge in [-0.25, -0.2) is 4.98 Å².